The molecule has 2 N–H and O–H groups in total. The van der Waals surface area contributed by atoms with Gasteiger partial charge in [-0.25, -0.2) is 13.8 Å². The minimum Gasteiger partial charge on any atom is -0.369 e. The van der Waals surface area contributed by atoms with Crippen molar-refractivity contribution >= 4 is 28.7 Å². The van der Waals surface area contributed by atoms with Gasteiger partial charge in [-0.3, -0.25) is 0 Å². The number of aromatic nitrogens is 2. The van der Waals surface area contributed by atoms with Crippen molar-refractivity contribution in [1.29, 1.82) is 0 Å². The van der Waals surface area contributed by atoms with Crippen LogP contribution in [0.1, 0.15) is 25.7 Å². The van der Waals surface area contributed by atoms with Gasteiger partial charge in [-0.2, -0.15) is 11.8 Å². The minimum absolute atomic E-state index is 0.173. The molecule has 0 spiro atoms. The van der Waals surface area contributed by atoms with Crippen LogP contribution in [0, 0.1) is 11.6 Å². The van der Waals surface area contributed by atoms with Gasteiger partial charge in [0.25, 0.3) is 0 Å². The molecule has 0 saturated heterocycles. The topological polar surface area (TPSA) is 43.8 Å². The molecule has 0 aliphatic rings. The van der Waals surface area contributed by atoms with Gasteiger partial charge in [-0.05, 0) is 37.0 Å². The molecule has 1 aromatic carbocycles. The van der Waals surface area contributed by atoms with E-state index in [-0.39, 0.29) is 11.5 Å². The summed E-state index contributed by atoms with van der Waals surface area (Å²) in [6.45, 7) is 0.571. The highest BCUT2D eigenvalue weighted by molar-refractivity contribution is 7.98. The zero-order chi connectivity index (χ0) is 14.5. The monoisotopic (exact) mass is 299 g/mol. The van der Waals surface area contributed by atoms with Crippen LogP contribution in [0.15, 0.2) is 12.1 Å². The lowest BCUT2D eigenvalue weighted by Crippen LogP contribution is -2.05. The number of thioether (sulfide) groups is 1. The van der Waals surface area contributed by atoms with Gasteiger partial charge in [0.05, 0.1) is 5.52 Å². The normalized spacial score (nSPS) is 11.3. The molecule has 1 aromatic heterocycles. The van der Waals surface area contributed by atoms with Crippen LogP contribution in [0.25, 0.3) is 11.0 Å². The number of hydrogen-bond acceptors (Lipinski definition) is 3. The third-order valence-corrected chi connectivity index (χ3v) is 4.01. The molecule has 6 heteroatoms. The predicted octanol–water partition coefficient (Wildman–Crippen LogP) is 3.82. The van der Waals surface area contributed by atoms with Crippen molar-refractivity contribution in [2.75, 3.05) is 17.7 Å². The standard InChI is InChI=1S/C14H19F2N3S/c1-20-9-5-3-2-4-8-19-13-11(18-14(19)17)7-6-10(15)12(13)16/h6-7H,2-5,8-9H2,1H3,(H2,17,18). The number of unbranched alkanes of at least 4 members (excludes halogenated alkanes) is 3. The van der Waals surface area contributed by atoms with Crippen molar-refractivity contribution in [1.82, 2.24) is 9.55 Å². The Hall–Kier alpha value is -1.30. The Balaban J connectivity index is 2.06. The molecule has 0 amide bonds. The van der Waals surface area contributed by atoms with E-state index in [1.807, 2.05) is 11.8 Å². The van der Waals surface area contributed by atoms with Crippen LogP contribution in [-0.2, 0) is 6.54 Å². The molecule has 2 aromatic rings. The number of nitrogens with two attached hydrogens (primary N) is 1. The lowest BCUT2D eigenvalue weighted by Gasteiger charge is -2.07. The number of fused-ring (bicyclic) bond motifs is 1. The number of benzene rings is 1. The second-order valence-electron chi connectivity index (χ2n) is 4.76. The SMILES string of the molecule is CSCCCCCCn1c(N)nc2ccc(F)c(F)c21. The van der Waals surface area contributed by atoms with E-state index in [1.165, 1.54) is 12.5 Å². The number of rotatable bonds is 7. The summed E-state index contributed by atoms with van der Waals surface area (Å²) in [5.74, 6) is -0.322. The predicted molar refractivity (Wildman–Crippen MR) is 80.9 cm³/mol. The van der Waals surface area contributed by atoms with Crippen LogP contribution in [0.4, 0.5) is 14.7 Å². The van der Waals surface area contributed by atoms with Gasteiger partial charge in [0.2, 0.25) is 5.95 Å². The lowest BCUT2D eigenvalue weighted by molar-refractivity contribution is 0.509. The molecular weight excluding hydrogens is 280 g/mol. The summed E-state index contributed by atoms with van der Waals surface area (Å²) in [5.41, 5.74) is 6.37. The summed E-state index contributed by atoms with van der Waals surface area (Å²) in [6.07, 6.45) is 6.36. The minimum atomic E-state index is -0.867. The number of imidazole rings is 1. The summed E-state index contributed by atoms with van der Waals surface area (Å²) >= 11 is 1.84. The van der Waals surface area contributed by atoms with Crippen LogP contribution in [-0.4, -0.2) is 21.6 Å². The number of nitrogen functional groups attached to an aromatic ring is 1. The van der Waals surface area contributed by atoms with Gasteiger partial charge in [-0.1, -0.05) is 12.8 Å². The molecule has 20 heavy (non-hydrogen) atoms. The van der Waals surface area contributed by atoms with E-state index in [9.17, 15) is 8.78 Å². The lowest BCUT2D eigenvalue weighted by atomic mass is 10.2. The quantitative estimate of drug-likeness (QED) is 0.790. The fraction of sp³-hybridized carbons (Fsp3) is 0.500. The second-order valence-corrected chi connectivity index (χ2v) is 5.74. The summed E-state index contributed by atoms with van der Waals surface area (Å²) in [6, 6.07) is 2.54. The zero-order valence-corrected chi connectivity index (χ0v) is 12.3. The first-order valence-electron chi connectivity index (χ1n) is 6.73. The average Bonchev–Trinajstić information content (AvgIpc) is 2.75. The molecule has 0 aliphatic carbocycles. The number of aryl methyl sites for hydroxylation is 1. The Morgan fingerprint density at radius 3 is 2.70 bits per heavy atom. The fourth-order valence-corrected chi connectivity index (χ4v) is 2.76. The first-order valence-corrected chi connectivity index (χ1v) is 8.13. The van der Waals surface area contributed by atoms with Crippen LogP contribution in [0.5, 0.6) is 0 Å². The van der Waals surface area contributed by atoms with Gasteiger partial charge in [-0.15, -0.1) is 0 Å². The van der Waals surface area contributed by atoms with Gasteiger partial charge < -0.3 is 10.3 Å². The number of nitrogens with zero attached hydrogens (tertiary/aromatic N) is 2. The second kappa shape index (κ2) is 6.92. The van der Waals surface area contributed by atoms with E-state index in [4.69, 9.17) is 5.73 Å². The highest BCUT2D eigenvalue weighted by Crippen LogP contribution is 2.23. The molecule has 110 valence electrons. The molecular formula is C14H19F2N3S. The van der Waals surface area contributed by atoms with Crippen LogP contribution in [0.2, 0.25) is 0 Å². The molecule has 1 heterocycles. The van der Waals surface area contributed by atoms with Crippen molar-refractivity contribution in [2.24, 2.45) is 0 Å². The van der Waals surface area contributed by atoms with Crippen LogP contribution in [0.3, 0.4) is 0 Å². The summed E-state index contributed by atoms with van der Waals surface area (Å²) < 4.78 is 28.7. The third-order valence-electron chi connectivity index (χ3n) is 3.31. The third kappa shape index (κ3) is 3.23. The molecule has 0 fully saturated rings. The molecule has 3 nitrogen and oxygen atoms in total. The van der Waals surface area contributed by atoms with E-state index in [0.717, 1.165) is 31.1 Å². The highest BCUT2D eigenvalue weighted by atomic mass is 32.2. The Morgan fingerprint density at radius 1 is 1.20 bits per heavy atom. The van der Waals surface area contributed by atoms with Crippen molar-refractivity contribution in [3.8, 4) is 0 Å². The van der Waals surface area contributed by atoms with E-state index >= 15 is 0 Å². The molecule has 0 bridgehead atoms. The van der Waals surface area contributed by atoms with E-state index in [1.54, 1.807) is 4.57 Å². The first-order chi connectivity index (χ1) is 9.65. The maximum atomic E-state index is 13.9. The van der Waals surface area contributed by atoms with Crippen molar-refractivity contribution in [3.63, 3.8) is 0 Å². The largest absolute Gasteiger partial charge is 0.369 e. The van der Waals surface area contributed by atoms with E-state index in [0.29, 0.717) is 12.1 Å². The Bertz CT molecular complexity index is 583. The Labute approximate surface area is 121 Å². The smallest absolute Gasteiger partial charge is 0.201 e. The molecule has 0 atom stereocenters. The van der Waals surface area contributed by atoms with Gasteiger partial charge in [0.1, 0.15) is 5.52 Å². The summed E-state index contributed by atoms with van der Waals surface area (Å²) in [4.78, 5) is 4.07. The van der Waals surface area contributed by atoms with Crippen LogP contribution < -0.4 is 5.73 Å². The highest BCUT2D eigenvalue weighted by Gasteiger charge is 2.15. The number of hydrogen-bond donors (Lipinski definition) is 1. The van der Waals surface area contributed by atoms with Crippen molar-refractivity contribution in [3.05, 3.63) is 23.8 Å². The van der Waals surface area contributed by atoms with E-state index in [2.05, 4.69) is 11.2 Å². The molecule has 0 aliphatic heterocycles. The van der Waals surface area contributed by atoms with E-state index < -0.39 is 11.6 Å². The maximum Gasteiger partial charge on any atom is 0.201 e. The zero-order valence-electron chi connectivity index (χ0n) is 11.5. The Kier molecular flexibility index (Phi) is 5.23. The Morgan fingerprint density at radius 2 is 1.95 bits per heavy atom. The fourth-order valence-electron chi connectivity index (χ4n) is 2.27. The van der Waals surface area contributed by atoms with Gasteiger partial charge in [0, 0.05) is 6.54 Å². The first kappa shape index (κ1) is 15.1. The maximum absolute atomic E-state index is 13.9. The van der Waals surface area contributed by atoms with Gasteiger partial charge >= 0.3 is 0 Å². The van der Waals surface area contributed by atoms with Crippen molar-refractivity contribution in [2.45, 2.75) is 32.2 Å². The average molecular weight is 299 g/mol. The van der Waals surface area contributed by atoms with Crippen LogP contribution >= 0.6 is 11.8 Å². The van der Waals surface area contributed by atoms with Crippen molar-refractivity contribution < 1.29 is 8.78 Å². The molecule has 2 rings (SSSR count). The summed E-state index contributed by atoms with van der Waals surface area (Å²) in [7, 11) is 0. The molecule has 0 saturated carbocycles. The van der Waals surface area contributed by atoms with Gasteiger partial charge in [0.15, 0.2) is 11.6 Å². The molecule has 0 radical (unpaired) electrons. The summed E-state index contributed by atoms with van der Waals surface area (Å²) in [5, 5.41) is 0. The number of halogens is 2. The molecule has 0 unspecified atom stereocenters. The number of anilines is 1.